The molecule has 13 heavy (non-hydrogen) atoms. The van der Waals surface area contributed by atoms with Crippen LogP contribution in [0.5, 0.6) is 0 Å². The Morgan fingerprint density at radius 2 is 2.00 bits per heavy atom. The van der Waals surface area contributed by atoms with E-state index in [1.807, 2.05) is 11.8 Å². The fourth-order valence-electron chi connectivity index (χ4n) is 1.44. The molecule has 0 unspecified atom stereocenters. The highest BCUT2D eigenvalue weighted by molar-refractivity contribution is 6.30. The zero-order valence-electron chi connectivity index (χ0n) is 7.37. The Balaban J connectivity index is 2.08. The van der Waals surface area contributed by atoms with Gasteiger partial charge in [0.15, 0.2) is 0 Å². The monoisotopic (exact) mass is 198 g/mol. The summed E-state index contributed by atoms with van der Waals surface area (Å²) in [7, 11) is 0. The first-order chi connectivity index (χ1) is 6.07. The standard InChI is InChI=1S/C8H11ClN4/c1-8(10)4-13(5-8)7-11-2-6(9)3-12-7/h2-3H,4-5,10H2,1H3. The molecule has 1 fully saturated rings. The molecule has 1 saturated heterocycles. The van der Waals surface area contributed by atoms with E-state index in [-0.39, 0.29) is 5.54 Å². The van der Waals surface area contributed by atoms with Crippen molar-refractivity contribution in [3.05, 3.63) is 17.4 Å². The van der Waals surface area contributed by atoms with E-state index in [9.17, 15) is 0 Å². The first kappa shape index (κ1) is 8.72. The molecule has 2 heterocycles. The molecule has 1 aliphatic heterocycles. The molecule has 4 nitrogen and oxygen atoms in total. The normalized spacial score (nSPS) is 19.8. The number of nitrogens with two attached hydrogens (primary N) is 1. The molecule has 0 atom stereocenters. The molecule has 0 aromatic carbocycles. The SMILES string of the molecule is CC1(N)CN(c2ncc(Cl)cn2)C1. The smallest absolute Gasteiger partial charge is 0.225 e. The van der Waals surface area contributed by atoms with Crippen LogP contribution in [-0.4, -0.2) is 28.6 Å². The maximum absolute atomic E-state index is 5.86. The maximum Gasteiger partial charge on any atom is 0.225 e. The minimum absolute atomic E-state index is 0.0942. The lowest BCUT2D eigenvalue weighted by Crippen LogP contribution is -2.66. The first-order valence-corrected chi connectivity index (χ1v) is 4.46. The molecular formula is C8H11ClN4. The predicted molar refractivity (Wildman–Crippen MR) is 51.8 cm³/mol. The molecule has 1 aromatic rings. The van der Waals surface area contributed by atoms with Gasteiger partial charge in [0.1, 0.15) is 0 Å². The summed E-state index contributed by atoms with van der Waals surface area (Å²) >= 11 is 5.67. The quantitative estimate of drug-likeness (QED) is 0.721. The van der Waals surface area contributed by atoms with E-state index in [0.717, 1.165) is 13.1 Å². The highest BCUT2D eigenvalue weighted by atomic mass is 35.5. The van der Waals surface area contributed by atoms with Gasteiger partial charge in [-0.1, -0.05) is 11.6 Å². The number of hydrogen-bond acceptors (Lipinski definition) is 4. The van der Waals surface area contributed by atoms with Gasteiger partial charge < -0.3 is 10.6 Å². The minimum Gasteiger partial charge on any atom is -0.337 e. The summed E-state index contributed by atoms with van der Waals surface area (Å²) in [6.45, 7) is 3.61. The topological polar surface area (TPSA) is 55.0 Å². The van der Waals surface area contributed by atoms with Crippen LogP contribution in [0.1, 0.15) is 6.92 Å². The van der Waals surface area contributed by atoms with Gasteiger partial charge in [0.2, 0.25) is 5.95 Å². The largest absolute Gasteiger partial charge is 0.337 e. The Hall–Kier alpha value is -0.870. The van der Waals surface area contributed by atoms with Crippen molar-refractivity contribution < 1.29 is 0 Å². The summed E-state index contributed by atoms with van der Waals surface area (Å²) in [6.07, 6.45) is 3.19. The van der Waals surface area contributed by atoms with Gasteiger partial charge in [-0.2, -0.15) is 0 Å². The van der Waals surface area contributed by atoms with Crippen LogP contribution in [0.25, 0.3) is 0 Å². The fourth-order valence-corrected chi connectivity index (χ4v) is 1.53. The Bertz CT molecular complexity index is 300. The van der Waals surface area contributed by atoms with Crippen molar-refractivity contribution in [1.29, 1.82) is 0 Å². The zero-order chi connectivity index (χ0) is 9.47. The maximum atomic E-state index is 5.86. The van der Waals surface area contributed by atoms with Gasteiger partial charge in [-0.3, -0.25) is 0 Å². The van der Waals surface area contributed by atoms with Gasteiger partial charge in [0, 0.05) is 18.6 Å². The second-order valence-electron chi connectivity index (χ2n) is 3.71. The predicted octanol–water partition coefficient (Wildman–Crippen LogP) is 0.667. The molecule has 0 amide bonds. The number of hydrogen-bond donors (Lipinski definition) is 1. The lowest BCUT2D eigenvalue weighted by Gasteiger charge is -2.45. The van der Waals surface area contributed by atoms with Gasteiger partial charge in [-0.25, -0.2) is 9.97 Å². The third kappa shape index (κ3) is 1.73. The van der Waals surface area contributed by atoms with Crippen molar-refractivity contribution in [2.45, 2.75) is 12.5 Å². The molecule has 0 bridgehead atoms. The molecule has 0 radical (unpaired) electrons. The van der Waals surface area contributed by atoms with E-state index in [4.69, 9.17) is 17.3 Å². The van der Waals surface area contributed by atoms with E-state index in [2.05, 4.69) is 9.97 Å². The van der Waals surface area contributed by atoms with Gasteiger partial charge in [-0.15, -0.1) is 0 Å². The molecule has 70 valence electrons. The molecule has 2 N–H and O–H groups in total. The third-order valence-corrected chi connectivity index (χ3v) is 2.19. The zero-order valence-corrected chi connectivity index (χ0v) is 8.12. The molecule has 0 aliphatic carbocycles. The van der Waals surface area contributed by atoms with Gasteiger partial charge in [-0.05, 0) is 6.92 Å². The minimum atomic E-state index is -0.0942. The number of aromatic nitrogens is 2. The van der Waals surface area contributed by atoms with Crippen molar-refractivity contribution >= 4 is 17.5 Å². The molecule has 5 heteroatoms. The molecule has 2 rings (SSSR count). The summed E-state index contributed by atoms with van der Waals surface area (Å²) in [5, 5.41) is 0.555. The van der Waals surface area contributed by atoms with Crippen LogP contribution in [0.2, 0.25) is 5.02 Å². The van der Waals surface area contributed by atoms with Gasteiger partial charge in [0.05, 0.1) is 17.4 Å². The Morgan fingerprint density at radius 3 is 2.46 bits per heavy atom. The number of anilines is 1. The average molecular weight is 199 g/mol. The fraction of sp³-hybridized carbons (Fsp3) is 0.500. The van der Waals surface area contributed by atoms with Crippen LogP contribution in [0.3, 0.4) is 0 Å². The number of nitrogens with zero attached hydrogens (tertiary/aromatic N) is 3. The van der Waals surface area contributed by atoms with Crippen molar-refractivity contribution in [1.82, 2.24) is 9.97 Å². The van der Waals surface area contributed by atoms with Crippen molar-refractivity contribution in [2.24, 2.45) is 5.73 Å². The Labute approximate surface area is 81.7 Å². The average Bonchev–Trinajstić information content (AvgIpc) is 2.01. The van der Waals surface area contributed by atoms with Gasteiger partial charge in [0.25, 0.3) is 0 Å². The van der Waals surface area contributed by atoms with Crippen LogP contribution >= 0.6 is 11.6 Å². The molecule has 0 spiro atoms. The Kier molecular flexibility index (Phi) is 1.89. The highest BCUT2D eigenvalue weighted by Crippen LogP contribution is 2.22. The highest BCUT2D eigenvalue weighted by Gasteiger charge is 2.36. The lowest BCUT2D eigenvalue weighted by molar-refractivity contribution is 0.360. The van der Waals surface area contributed by atoms with Crippen LogP contribution in [0, 0.1) is 0 Å². The molecular weight excluding hydrogens is 188 g/mol. The molecule has 1 aromatic heterocycles. The van der Waals surface area contributed by atoms with E-state index >= 15 is 0 Å². The molecule has 1 aliphatic rings. The van der Waals surface area contributed by atoms with E-state index < -0.39 is 0 Å². The summed E-state index contributed by atoms with van der Waals surface area (Å²) < 4.78 is 0. The summed E-state index contributed by atoms with van der Waals surface area (Å²) in [5.74, 6) is 0.701. The Morgan fingerprint density at radius 1 is 1.46 bits per heavy atom. The van der Waals surface area contributed by atoms with Crippen molar-refractivity contribution in [3.8, 4) is 0 Å². The second-order valence-corrected chi connectivity index (χ2v) is 4.15. The van der Waals surface area contributed by atoms with Crippen molar-refractivity contribution in [3.63, 3.8) is 0 Å². The number of halogens is 1. The second kappa shape index (κ2) is 2.82. The van der Waals surface area contributed by atoms with Crippen LogP contribution in [0.15, 0.2) is 12.4 Å². The van der Waals surface area contributed by atoms with Crippen molar-refractivity contribution in [2.75, 3.05) is 18.0 Å². The van der Waals surface area contributed by atoms with Crippen LogP contribution in [0.4, 0.5) is 5.95 Å². The van der Waals surface area contributed by atoms with E-state index in [1.165, 1.54) is 0 Å². The van der Waals surface area contributed by atoms with Gasteiger partial charge >= 0.3 is 0 Å². The van der Waals surface area contributed by atoms with Crippen LogP contribution in [-0.2, 0) is 0 Å². The third-order valence-electron chi connectivity index (χ3n) is 1.99. The summed E-state index contributed by atoms with van der Waals surface area (Å²) in [6, 6.07) is 0. The first-order valence-electron chi connectivity index (χ1n) is 4.08. The summed E-state index contributed by atoms with van der Waals surface area (Å²) in [4.78, 5) is 10.2. The molecule has 0 saturated carbocycles. The lowest BCUT2D eigenvalue weighted by atomic mass is 9.94. The number of rotatable bonds is 1. The van der Waals surface area contributed by atoms with E-state index in [0.29, 0.717) is 11.0 Å². The summed E-state index contributed by atoms with van der Waals surface area (Å²) in [5.41, 5.74) is 5.76. The van der Waals surface area contributed by atoms with Crippen LogP contribution < -0.4 is 10.6 Å². The van der Waals surface area contributed by atoms with E-state index in [1.54, 1.807) is 12.4 Å².